The van der Waals surface area contributed by atoms with Crippen LogP contribution in [0, 0.1) is 5.82 Å². The lowest BCUT2D eigenvalue weighted by molar-refractivity contribution is 0.0184. The molecule has 1 fully saturated rings. The summed E-state index contributed by atoms with van der Waals surface area (Å²) in [7, 11) is 2.04. The Balaban J connectivity index is 1.62. The number of fused-ring (bicyclic) bond motifs is 1. The Morgan fingerprint density at radius 3 is 2.59 bits per heavy atom. The molecule has 3 N–H and O–H groups in total. The third-order valence-electron chi connectivity index (χ3n) is 7.15. The maximum atomic E-state index is 15.4. The number of hydrogen-bond acceptors (Lipinski definition) is 6. The Bertz CT molecular complexity index is 1500. The molecule has 0 bridgehead atoms. The van der Waals surface area contributed by atoms with E-state index in [1.54, 1.807) is 30.5 Å². The molecule has 2 heterocycles. The molecule has 10 heteroatoms. The van der Waals surface area contributed by atoms with Crippen LogP contribution < -0.4 is 21.5 Å². The van der Waals surface area contributed by atoms with E-state index in [9.17, 15) is 9.18 Å². The number of hydroxylamine groups is 1. The van der Waals surface area contributed by atoms with E-state index in [1.165, 1.54) is 12.1 Å². The van der Waals surface area contributed by atoms with Gasteiger partial charge in [0.05, 0.1) is 17.8 Å². The molecule has 1 saturated heterocycles. The van der Waals surface area contributed by atoms with Crippen LogP contribution in [0.1, 0.15) is 30.6 Å². The van der Waals surface area contributed by atoms with E-state index in [1.807, 2.05) is 35.6 Å². The van der Waals surface area contributed by atoms with Gasteiger partial charge in [-0.1, -0.05) is 42.0 Å². The highest BCUT2D eigenvalue weighted by Crippen LogP contribution is 2.27. The SMILES string of the molecule is C=C/C(F)=C\C=C(/C)CCONC(N)c1cn(Cc2ccc(Cl)cc2)c2cc(N3CCN(C)CC3)c(F)cc2c1=O. The van der Waals surface area contributed by atoms with Crippen LogP contribution in [0.3, 0.4) is 0 Å². The zero-order valence-electron chi connectivity index (χ0n) is 23.4. The molecule has 1 atom stereocenters. The second kappa shape index (κ2) is 14.0. The molecule has 1 aliphatic rings. The summed E-state index contributed by atoms with van der Waals surface area (Å²) >= 11 is 6.09. The number of nitrogens with two attached hydrogens (primary N) is 1. The third-order valence-corrected chi connectivity index (χ3v) is 7.40. The number of aromatic nitrogens is 1. The minimum Gasteiger partial charge on any atom is -0.367 e. The fourth-order valence-corrected chi connectivity index (χ4v) is 4.77. The van der Waals surface area contributed by atoms with Crippen molar-refractivity contribution in [3.8, 4) is 0 Å². The quantitative estimate of drug-likeness (QED) is 0.135. The molecule has 4 rings (SSSR count). The predicted octanol–water partition coefficient (Wildman–Crippen LogP) is 5.45. The highest BCUT2D eigenvalue weighted by Gasteiger charge is 2.22. The van der Waals surface area contributed by atoms with Crippen LogP contribution in [-0.2, 0) is 11.4 Å². The Hall–Kier alpha value is -3.34. The molecule has 1 aliphatic heterocycles. The van der Waals surface area contributed by atoms with Crippen LogP contribution in [0.2, 0.25) is 5.02 Å². The zero-order chi connectivity index (χ0) is 29.5. The predicted molar refractivity (Wildman–Crippen MR) is 162 cm³/mol. The number of rotatable bonds is 11. The lowest BCUT2D eigenvalue weighted by atomic mass is 10.1. The Kier molecular flexibility index (Phi) is 10.5. The molecule has 0 radical (unpaired) electrons. The van der Waals surface area contributed by atoms with E-state index in [0.717, 1.165) is 30.3 Å². The van der Waals surface area contributed by atoms with E-state index >= 15 is 4.39 Å². The second-order valence-electron chi connectivity index (χ2n) is 10.2. The fraction of sp³-hybridized carbons (Fsp3) is 0.323. The first-order valence-corrected chi connectivity index (χ1v) is 13.9. The van der Waals surface area contributed by atoms with Crippen molar-refractivity contribution >= 4 is 28.2 Å². The van der Waals surface area contributed by atoms with Crippen molar-refractivity contribution < 1.29 is 13.6 Å². The van der Waals surface area contributed by atoms with Crippen molar-refractivity contribution in [1.29, 1.82) is 0 Å². The monoisotopic (exact) mass is 583 g/mol. The molecule has 2 aromatic carbocycles. The summed E-state index contributed by atoms with van der Waals surface area (Å²) < 4.78 is 30.6. The zero-order valence-corrected chi connectivity index (χ0v) is 24.1. The van der Waals surface area contributed by atoms with Gasteiger partial charge in [0, 0.05) is 54.9 Å². The Morgan fingerprint density at radius 1 is 1.20 bits per heavy atom. The Morgan fingerprint density at radius 2 is 1.90 bits per heavy atom. The normalized spacial score (nSPS) is 15.9. The van der Waals surface area contributed by atoms with Gasteiger partial charge in [-0.15, -0.1) is 0 Å². The maximum Gasteiger partial charge on any atom is 0.195 e. The average Bonchev–Trinajstić information content (AvgIpc) is 2.96. The van der Waals surface area contributed by atoms with E-state index in [2.05, 4.69) is 17.0 Å². The average molecular weight is 584 g/mol. The minimum atomic E-state index is -0.967. The van der Waals surface area contributed by atoms with Crippen LogP contribution in [0.5, 0.6) is 0 Å². The number of anilines is 1. The number of likely N-dealkylation sites (N-methyl/N-ethyl adjacent to an activating group) is 1. The smallest absolute Gasteiger partial charge is 0.195 e. The van der Waals surface area contributed by atoms with Crippen LogP contribution in [0.15, 0.2) is 83.6 Å². The minimum absolute atomic E-state index is 0.235. The Labute approximate surface area is 244 Å². The highest BCUT2D eigenvalue weighted by molar-refractivity contribution is 6.30. The summed E-state index contributed by atoms with van der Waals surface area (Å²) in [6.45, 7) is 8.92. The van der Waals surface area contributed by atoms with Gasteiger partial charge in [0.25, 0.3) is 0 Å². The van der Waals surface area contributed by atoms with Crippen molar-refractivity contribution in [1.82, 2.24) is 14.9 Å². The van der Waals surface area contributed by atoms with Gasteiger partial charge < -0.3 is 20.1 Å². The van der Waals surface area contributed by atoms with Crippen LogP contribution in [-0.4, -0.2) is 49.3 Å². The molecule has 1 aromatic heterocycles. The first-order chi connectivity index (χ1) is 19.7. The van der Waals surface area contributed by atoms with Crippen molar-refractivity contribution in [3.63, 3.8) is 0 Å². The van der Waals surface area contributed by atoms with Crippen molar-refractivity contribution in [2.24, 2.45) is 5.73 Å². The topological polar surface area (TPSA) is 75.8 Å². The number of hydrogen-bond donors (Lipinski definition) is 2. The third kappa shape index (κ3) is 7.90. The van der Waals surface area contributed by atoms with E-state index < -0.39 is 17.8 Å². The van der Waals surface area contributed by atoms with Crippen molar-refractivity contribution in [2.45, 2.75) is 26.1 Å². The molecule has 0 saturated carbocycles. The molecular weight excluding hydrogens is 548 g/mol. The molecule has 0 amide bonds. The molecule has 41 heavy (non-hydrogen) atoms. The number of benzene rings is 2. The molecule has 7 nitrogen and oxygen atoms in total. The summed E-state index contributed by atoms with van der Waals surface area (Å²) in [5.74, 6) is -0.875. The fourth-order valence-electron chi connectivity index (χ4n) is 4.65. The summed E-state index contributed by atoms with van der Waals surface area (Å²) in [6.07, 6.45) is 5.34. The lowest BCUT2D eigenvalue weighted by Crippen LogP contribution is -2.44. The van der Waals surface area contributed by atoms with Gasteiger partial charge in [0.1, 0.15) is 17.8 Å². The molecule has 1 unspecified atom stereocenters. The first kappa shape index (κ1) is 30.6. The summed E-state index contributed by atoms with van der Waals surface area (Å²) in [5.41, 5.74) is 11.9. The number of nitrogens with one attached hydrogen (secondary N) is 1. The largest absolute Gasteiger partial charge is 0.367 e. The van der Waals surface area contributed by atoms with Gasteiger partial charge in [0.2, 0.25) is 0 Å². The van der Waals surface area contributed by atoms with E-state index in [4.69, 9.17) is 22.2 Å². The van der Waals surface area contributed by atoms with E-state index in [0.29, 0.717) is 42.3 Å². The maximum absolute atomic E-state index is 15.4. The first-order valence-electron chi connectivity index (χ1n) is 13.5. The van der Waals surface area contributed by atoms with Gasteiger partial charge in [0.15, 0.2) is 5.43 Å². The number of allylic oxidation sites excluding steroid dienone is 4. The van der Waals surface area contributed by atoms with Crippen LogP contribution in [0.4, 0.5) is 14.5 Å². The molecule has 3 aromatic rings. The van der Waals surface area contributed by atoms with Crippen LogP contribution >= 0.6 is 11.6 Å². The second-order valence-corrected chi connectivity index (χ2v) is 10.7. The van der Waals surface area contributed by atoms with Crippen LogP contribution in [0.25, 0.3) is 10.9 Å². The summed E-state index contributed by atoms with van der Waals surface area (Å²) in [6, 6.07) is 10.5. The molecule has 0 aliphatic carbocycles. The van der Waals surface area contributed by atoms with Crippen molar-refractivity contribution in [3.05, 3.63) is 111 Å². The summed E-state index contributed by atoms with van der Waals surface area (Å²) in [5, 5.41) is 0.854. The van der Waals surface area contributed by atoms with Gasteiger partial charge in [-0.3, -0.25) is 9.63 Å². The molecule has 218 valence electrons. The number of pyridine rings is 1. The van der Waals surface area contributed by atoms with Gasteiger partial charge in [-0.2, -0.15) is 5.48 Å². The number of halogens is 3. The lowest BCUT2D eigenvalue weighted by Gasteiger charge is -2.34. The molecular formula is C31H36ClF2N5O2. The van der Waals surface area contributed by atoms with E-state index in [-0.39, 0.29) is 23.0 Å². The number of piperazine rings is 1. The molecule has 0 spiro atoms. The highest BCUT2D eigenvalue weighted by atomic mass is 35.5. The number of nitrogens with zero attached hydrogens (tertiary/aromatic N) is 3. The standard InChI is InChI=1S/C31H36ClF2N5O2/c1-4-24(33)10-5-21(2)11-16-41-36-31(35)26-20-39(19-22-6-8-23(32)9-7-22)28-18-29(27(34)17-25(28)30(26)40)38-14-12-37(3)13-15-38/h4-10,17-18,20,31,36H,1,11-16,19,35H2,2-3H3/b21-5+,24-10+. The van der Waals surface area contributed by atoms with Gasteiger partial charge >= 0.3 is 0 Å². The van der Waals surface area contributed by atoms with Gasteiger partial charge in [-0.25, -0.2) is 8.78 Å². The summed E-state index contributed by atoms with van der Waals surface area (Å²) in [4.78, 5) is 23.3. The van der Waals surface area contributed by atoms with Crippen molar-refractivity contribution in [2.75, 3.05) is 44.7 Å². The van der Waals surface area contributed by atoms with Gasteiger partial charge in [-0.05, 0) is 62.4 Å².